The number of alkyl halides is 3. The second-order valence-corrected chi connectivity index (χ2v) is 17.9. The molecular formula is C48H45F5N8O6S. The molecular weight excluding hydrogens is 912 g/mol. The number of anilines is 3. The Hall–Kier alpha value is -7.35. The van der Waals surface area contributed by atoms with Crippen molar-refractivity contribution in [3.63, 3.8) is 0 Å². The van der Waals surface area contributed by atoms with Crippen LogP contribution in [0.5, 0.6) is 23.1 Å². The Morgan fingerprint density at radius 1 is 0.838 bits per heavy atom. The Morgan fingerprint density at radius 2 is 1.41 bits per heavy atom. The van der Waals surface area contributed by atoms with Gasteiger partial charge in [-0.2, -0.15) is 13.2 Å². The molecule has 68 heavy (non-hydrogen) atoms. The number of hydrogen-bond donors (Lipinski definition) is 1. The third-order valence-electron chi connectivity index (χ3n) is 11.6. The molecule has 4 heterocycles. The largest absolute Gasteiger partial charge is 0.497 e. The number of hydrogen-bond acceptors (Lipinski definition) is 14. The van der Waals surface area contributed by atoms with Gasteiger partial charge in [-0.05, 0) is 78.6 Å². The van der Waals surface area contributed by atoms with Gasteiger partial charge >= 0.3 is 6.18 Å². The Labute approximate surface area is 388 Å². The van der Waals surface area contributed by atoms with Gasteiger partial charge in [0.25, 0.3) is 0 Å². The van der Waals surface area contributed by atoms with E-state index in [0.717, 1.165) is 24.8 Å². The standard InChI is InChI=1S/C48H45F5N8O6S/c1-27-39(48(51,52)53)35(21-37(40(27)49)60(24-30-9-15-33(65-4)16-10-30)25-31-11-17-34(66-5)18-12-31)42-41(50)43-38-45(59-47(58-43)68(6,62)63)61(19-20-67-46(38)57-42)28(2)36-23-54-26-56-44(36)55-22-29-7-13-32(64-3)14-8-29/h7-18,21,23,26,28H,19-20,22,24-25H2,1-6H3,(H,54,55,56)/t28-/m1/s1. The average Bonchev–Trinajstić information content (AvgIpc) is 3.51. The van der Waals surface area contributed by atoms with Crippen molar-refractivity contribution in [3.8, 4) is 34.4 Å². The second-order valence-electron chi connectivity index (χ2n) is 16.0. The zero-order valence-corrected chi connectivity index (χ0v) is 38.5. The fourth-order valence-corrected chi connectivity index (χ4v) is 8.57. The number of aromatic nitrogens is 5. The van der Waals surface area contributed by atoms with Crippen molar-refractivity contribution in [1.29, 1.82) is 0 Å². The summed E-state index contributed by atoms with van der Waals surface area (Å²) in [5, 5.41) is 2.31. The molecule has 1 N–H and O–H groups in total. The van der Waals surface area contributed by atoms with E-state index in [4.69, 9.17) is 18.9 Å². The van der Waals surface area contributed by atoms with E-state index in [1.54, 1.807) is 73.7 Å². The van der Waals surface area contributed by atoms with Crippen LogP contribution in [0.3, 0.4) is 0 Å². The number of sulfone groups is 1. The predicted octanol–water partition coefficient (Wildman–Crippen LogP) is 9.30. The van der Waals surface area contributed by atoms with Crippen molar-refractivity contribution in [3.05, 3.63) is 136 Å². The number of nitrogens with one attached hydrogen (secondary N) is 1. The number of methoxy groups -OCH3 is 3. The average molecular weight is 957 g/mol. The van der Waals surface area contributed by atoms with E-state index in [-0.39, 0.29) is 49.0 Å². The maximum absolute atomic E-state index is 17.6. The van der Waals surface area contributed by atoms with Gasteiger partial charge in [0.2, 0.25) is 20.9 Å². The number of ether oxygens (including phenoxy) is 4. The van der Waals surface area contributed by atoms with Crippen molar-refractivity contribution in [2.75, 3.05) is 55.9 Å². The Balaban J connectivity index is 1.29. The quantitative estimate of drug-likeness (QED) is 0.0767. The summed E-state index contributed by atoms with van der Waals surface area (Å²) in [6.07, 6.45) is -1.48. The van der Waals surface area contributed by atoms with Gasteiger partial charge in [-0.15, -0.1) is 0 Å². The minimum atomic E-state index is -5.23. The van der Waals surface area contributed by atoms with Crippen LogP contribution in [0.1, 0.15) is 46.3 Å². The Kier molecular flexibility index (Phi) is 13.2. The number of benzene rings is 4. The highest BCUT2D eigenvalue weighted by molar-refractivity contribution is 7.90. The minimum Gasteiger partial charge on any atom is -0.497 e. The zero-order chi connectivity index (χ0) is 48.5. The van der Waals surface area contributed by atoms with Crippen molar-refractivity contribution < 1.29 is 49.3 Å². The smallest absolute Gasteiger partial charge is 0.417 e. The van der Waals surface area contributed by atoms with E-state index < -0.39 is 66.7 Å². The van der Waals surface area contributed by atoms with Gasteiger partial charge in [0.15, 0.2) is 5.82 Å². The molecule has 8 rings (SSSR count). The normalized spacial score (nSPS) is 13.1. The van der Waals surface area contributed by atoms with Crippen LogP contribution in [-0.2, 0) is 35.6 Å². The minimum absolute atomic E-state index is 0.00727. The van der Waals surface area contributed by atoms with Crippen LogP contribution >= 0.6 is 0 Å². The molecule has 0 amide bonds. The van der Waals surface area contributed by atoms with Gasteiger partial charge in [-0.1, -0.05) is 36.4 Å². The summed E-state index contributed by atoms with van der Waals surface area (Å²) < 4.78 is 129. The van der Waals surface area contributed by atoms with Crippen LogP contribution in [-0.4, -0.2) is 74.1 Å². The summed E-state index contributed by atoms with van der Waals surface area (Å²) in [6.45, 7) is 2.92. The molecule has 3 aromatic heterocycles. The first-order valence-corrected chi connectivity index (χ1v) is 23.0. The molecule has 4 aromatic carbocycles. The zero-order valence-electron chi connectivity index (χ0n) is 37.7. The van der Waals surface area contributed by atoms with Crippen molar-refractivity contribution in [2.24, 2.45) is 0 Å². The fourth-order valence-electron chi connectivity index (χ4n) is 8.06. The summed E-state index contributed by atoms with van der Waals surface area (Å²) in [5.74, 6) is -0.887. The highest BCUT2D eigenvalue weighted by Gasteiger charge is 2.41. The molecule has 0 aliphatic carbocycles. The lowest BCUT2D eigenvalue weighted by molar-refractivity contribution is -0.137. The van der Waals surface area contributed by atoms with Crippen LogP contribution in [0.2, 0.25) is 0 Å². The first-order chi connectivity index (χ1) is 32.5. The summed E-state index contributed by atoms with van der Waals surface area (Å²) >= 11 is 0. The predicted molar refractivity (Wildman–Crippen MR) is 245 cm³/mol. The van der Waals surface area contributed by atoms with Crippen LogP contribution in [0.4, 0.5) is 39.3 Å². The third kappa shape index (κ3) is 9.58. The highest BCUT2D eigenvalue weighted by atomic mass is 32.2. The van der Waals surface area contributed by atoms with E-state index in [9.17, 15) is 8.42 Å². The number of pyridine rings is 1. The number of rotatable bonds is 15. The molecule has 1 aliphatic heterocycles. The molecule has 0 radical (unpaired) electrons. The van der Waals surface area contributed by atoms with E-state index in [1.807, 2.05) is 24.3 Å². The van der Waals surface area contributed by atoms with E-state index >= 15 is 22.0 Å². The van der Waals surface area contributed by atoms with E-state index in [1.165, 1.54) is 25.4 Å². The molecule has 0 saturated heterocycles. The number of halogens is 5. The lowest BCUT2D eigenvalue weighted by Gasteiger charge is -2.30. The molecule has 14 nitrogen and oxygen atoms in total. The summed E-state index contributed by atoms with van der Waals surface area (Å²) in [6, 6.07) is 21.3. The van der Waals surface area contributed by atoms with Crippen LogP contribution in [0.25, 0.3) is 22.2 Å². The monoisotopic (exact) mass is 956 g/mol. The first-order valence-electron chi connectivity index (χ1n) is 21.1. The van der Waals surface area contributed by atoms with Crippen molar-refractivity contribution in [2.45, 2.75) is 50.9 Å². The van der Waals surface area contributed by atoms with Crippen LogP contribution in [0.15, 0.2) is 96.5 Å². The molecule has 0 bridgehead atoms. The maximum atomic E-state index is 17.6. The van der Waals surface area contributed by atoms with E-state index in [2.05, 4.69) is 30.2 Å². The van der Waals surface area contributed by atoms with Crippen LogP contribution < -0.4 is 34.1 Å². The lowest BCUT2D eigenvalue weighted by atomic mass is 9.95. The molecule has 20 heteroatoms. The third-order valence-corrected chi connectivity index (χ3v) is 12.4. The van der Waals surface area contributed by atoms with E-state index in [0.29, 0.717) is 46.3 Å². The molecule has 0 fully saturated rings. The van der Waals surface area contributed by atoms with Crippen LogP contribution in [0, 0.1) is 18.6 Å². The molecule has 7 aromatic rings. The Bertz CT molecular complexity index is 3040. The molecule has 0 saturated carbocycles. The molecule has 0 spiro atoms. The Morgan fingerprint density at radius 3 is 1.96 bits per heavy atom. The van der Waals surface area contributed by atoms with Gasteiger partial charge in [-0.3, -0.25) is 0 Å². The van der Waals surface area contributed by atoms with Gasteiger partial charge in [0, 0.05) is 43.2 Å². The van der Waals surface area contributed by atoms with Gasteiger partial charge in [-0.25, -0.2) is 42.1 Å². The summed E-state index contributed by atoms with van der Waals surface area (Å²) in [4.78, 5) is 24.8. The number of nitrogens with zero attached hydrogens (tertiary/aromatic N) is 7. The molecule has 1 aliphatic rings. The SMILES string of the molecule is COc1ccc(CNc2ncncc2[C@@H](C)N2CCOc3nc(-c4cc(N(Cc5ccc(OC)cc5)Cc5ccc(OC)cc5)c(F)c(C)c4C(F)(F)F)c(F)c4nc(S(C)(=O)=O)nc2c34)cc1. The topological polar surface area (TPSA) is 154 Å². The first kappa shape index (κ1) is 47.2. The molecule has 1 atom stereocenters. The van der Waals surface area contributed by atoms with Crippen molar-refractivity contribution >= 4 is 38.1 Å². The van der Waals surface area contributed by atoms with Gasteiger partial charge < -0.3 is 34.1 Å². The second kappa shape index (κ2) is 19.1. The highest BCUT2D eigenvalue weighted by Crippen LogP contribution is 2.47. The summed E-state index contributed by atoms with van der Waals surface area (Å²) in [5.41, 5.74) is -2.27. The van der Waals surface area contributed by atoms with Crippen molar-refractivity contribution in [1.82, 2.24) is 24.9 Å². The lowest BCUT2D eigenvalue weighted by Crippen LogP contribution is -2.32. The molecule has 0 unspecified atom stereocenters. The summed E-state index contributed by atoms with van der Waals surface area (Å²) in [7, 11) is 0.274. The maximum Gasteiger partial charge on any atom is 0.417 e. The fraction of sp³-hybridized carbons (Fsp3) is 0.271. The van der Waals surface area contributed by atoms with Gasteiger partial charge in [0.1, 0.15) is 64.2 Å². The molecule has 354 valence electrons. The van der Waals surface area contributed by atoms with Gasteiger partial charge in [0.05, 0.1) is 45.2 Å².